The predicted octanol–water partition coefficient (Wildman–Crippen LogP) is 3.15. The number of aromatic nitrogens is 2. The van der Waals surface area contributed by atoms with Gasteiger partial charge in [-0.1, -0.05) is 0 Å². The van der Waals surface area contributed by atoms with Crippen LogP contribution in [0.15, 0.2) is 28.8 Å². The Morgan fingerprint density at radius 2 is 2.21 bits per heavy atom. The van der Waals surface area contributed by atoms with E-state index in [2.05, 4.69) is 15.3 Å². The number of rotatable bonds is 2. The highest BCUT2D eigenvalue weighted by Crippen LogP contribution is 2.24. The van der Waals surface area contributed by atoms with E-state index < -0.39 is 0 Å². The summed E-state index contributed by atoms with van der Waals surface area (Å²) in [6.45, 7) is 3.70. The third-order valence-electron chi connectivity index (χ3n) is 2.57. The third-order valence-corrected chi connectivity index (χ3v) is 3.52. The average Bonchev–Trinajstić information content (AvgIpc) is 2.93. The highest BCUT2D eigenvalue weighted by atomic mass is 32.1. The van der Waals surface area contributed by atoms with Crippen molar-refractivity contribution in [3.05, 3.63) is 41.1 Å². The van der Waals surface area contributed by atoms with Crippen LogP contribution in [0.4, 0.5) is 5.69 Å². The first kappa shape index (κ1) is 11.9. The van der Waals surface area contributed by atoms with Crippen molar-refractivity contribution in [1.29, 1.82) is 0 Å². The second-order valence-corrected chi connectivity index (χ2v) is 5.38. The summed E-state index contributed by atoms with van der Waals surface area (Å²) in [5.74, 6) is 0.308. The first-order chi connectivity index (χ1) is 9.11. The smallest absolute Gasteiger partial charge is 0.311 e. The maximum atomic E-state index is 11.9. The van der Waals surface area contributed by atoms with Crippen molar-refractivity contribution < 1.29 is 9.21 Å². The van der Waals surface area contributed by atoms with Crippen LogP contribution in [0.3, 0.4) is 0 Å². The molecule has 3 rings (SSSR count). The van der Waals surface area contributed by atoms with Gasteiger partial charge in [0.05, 0.1) is 21.4 Å². The Morgan fingerprint density at radius 1 is 1.37 bits per heavy atom. The van der Waals surface area contributed by atoms with Crippen LogP contribution < -0.4 is 5.32 Å². The lowest BCUT2D eigenvalue weighted by molar-refractivity contribution is 0.0989. The fourth-order valence-corrected chi connectivity index (χ4v) is 2.57. The van der Waals surface area contributed by atoms with Gasteiger partial charge in [0.1, 0.15) is 5.76 Å². The van der Waals surface area contributed by atoms with Gasteiger partial charge in [-0.3, -0.25) is 4.79 Å². The van der Waals surface area contributed by atoms with E-state index in [1.54, 1.807) is 18.3 Å². The number of carbonyl (C=O) groups is 1. The van der Waals surface area contributed by atoms with Crippen LogP contribution >= 0.6 is 11.3 Å². The third kappa shape index (κ3) is 2.34. The monoisotopic (exact) mass is 273 g/mol. The summed E-state index contributed by atoms with van der Waals surface area (Å²) in [6.07, 6.45) is 1.52. The van der Waals surface area contributed by atoms with Crippen molar-refractivity contribution >= 4 is 33.1 Å². The van der Waals surface area contributed by atoms with Crippen LogP contribution in [-0.2, 0) is 0 Å². The first-order valence-electron chi connectivity index (χ1n) is 5.73. The minimum Gasteiger partial charge on any atom is -0.438 e. The molecule has 2 aromatic heterocycles. The number of anilines is 1. The highest BCUT2D eigenvalue weighted by molar-refractivity contribution is 7.18. The Kier molecular flexibility index (Phi) is 2.79. The average molecular weight is 273 g/mol. The number of oxazole rings is 1. The van der Waals surface area contributed by atoms with Crippen molar-refractivity contribution in [2.75, 3.05) is 5.32 Å². The van der Waals surface area contributed by atoms with Crippen LogP contribution in [0.1, 0.15) is 21.5 Å². The normalized spacial score (nSPS) is 10.8. The molecular formula is C13H11N3O2S. The van der Waals surface area contributed by atoms with Crippen LogP contribution in [0.2, 0.25) is 0 Å². The summed E-state index contributed by atoms with van der Waals surface area (Å²) in [4.78, 5) is 20.2. The van der Waals surface area contributed by atoms with E-state index in [-0.39, 0.29) is 11.8 Å². The molecule has 5 nitrogen and oxygen atoms in total. The number of nitrogens with one attached hydrogen (secondary N) is 1. The molecule has 0 spiro atoms. The molecule has 0 fully saturated rings. The van der Waals surface area contributed by atoms with Crippen molar-refractivity contribution in [3.63, 3.8) is 0 Å². The molecule has 3 aromatic rings. The van der Waals surface area contributed by atoms with Gasteiger partial charge in [0.15, 0.2) is 0 Å². The highest BCUT2D eigenvalue weighted by Gasteiger charge is 2.12. The number of amides is 1. The molecule has 6 heteroatoms. The van der Waals surface area contributed by atoms with E-state index in [9.17, 15) is 4.79 Å². The van der Waals surface area contributed by atoms with Crippen LogP contribution in [0.25, 0.3) is 10.2 Å². The number of nitrogens with zero attached hydrogens (tertiary/aromatic N) is 2. The number of carbonyl (C=O) groups excluding carboxylic acids is 1. The number of hydrogen-bond acceptors (Lipinski definition) is 5. The number of aryl methyl sites for hydroxylation is 2. The van der Waals surface area contributed by atoms with E-state index >= 15 is 0 Å². The second-order valence-electron chi connectivity index (χ2n) is 4.15. The van der Waals surface area contributed by atoms with E-state index in [4.69, 9.17) is 4.42 Å². The lowest BCUT2D eigenvalue weighted by Gasteiger charge is -2.01. The predicted molar refractivity (Wildman–Crippen MR) is 73.6 cm³/mol. The van der Waals surface area contributed by atoms with E-state index in [1.165, 1.54) is 6.20 Å². The Hall–Kier alpha value is -2.21. The molecular weight excluding hydrogens is 262 g/mol. The molecule has 0 saturated carbocycles. The fourth-order valence-electron chi connectivity index (χ4n) is 1.76. The van der Waals surface area contributed by atoms with E-state index in [0.29, 0.717) is 11.4 Å². The summed E-state index contributed by atoms with van der Waals surface area (Å²) >= 11 is 1.62. The fraction of sp³-hybridized carbons (Fsp3) is 0.154. The molecule has 1 aromatic carbocycles. The van der Waals surface area contributed by atoms with Crippen LogP contribution in [0.5, 0.6) is 0 Å². The molecule has 0 unspecified atom stereocenters. The number of hydrogen-bond donors (Lipinski definition) is 1. The van der Waals surface area contributed by atoms with Crippen molar-refractivity contribution in [2.24, 2.45) is 0 Å². The second kappa shape index (κ2) is 4.47. The summed E-state index contributed by atoms with van der Waals surface area (Å²) in [5, 5.41) is 3.74. The minimum absolute atomic E-state index is 0.0621. The maximum Gasteiger partial charge on any atom is 0.311 e. The molecule has 0 bridgehead atoms. The van der Waals surface area contributed by atoms with Crippen LogP contribution in [-0.4, -0.2) is 15.9 Å². The number of benzene rings is 1. The number of thiazole rings is 1. The molecule has 0 saturated heterocycles. The van der Waals surface area contributed by atoms with Gasteiger partial charge in [0.25, 0.3) is 5.89 Å². The minimum atomic E-state index is -0.362. The lowest BCUT2D eigenvalue weighted by atomic mass is 10.3. The molecule has 96 valence electrons. The van der Waals surface area contributed by atoms with Gasteiger partial charge >= 0.3 is 5.91 Å². The van der Waals surface area contributed by atoms with Gasteiger partial charge < -0.3 is 9.73 Å². The molecule has 19 heavy (non-hydrogen) atoms. The molecule has 1 N–H and O–H groups in total. The summed E-state index contributed by atoms with van der Waals surface area (Å²) in [5.41, 5.74) is 1.56. The zero-order chi connectivity index (χ0) is 13.4. The Bertz CT molecular complexity index is 760. The standard InChI is InChI=1S/C13H11N3O2S/c1-7-6-14-13(18-7)12(17)16-9-3-4-11-10(5-9)15-8(2)19-11/h3-6H,1-2H3,(H,16,17). The SMILES string of the molecule is Cc1cnc(C(=O)Nc2ccc3sc(C)nc3c2)o1. The maximum absolute atomic E-state index is 11.9. The van der Waals surface area contributed by atoms with Crippen molar-refractivity contribution in [2.45, 2.75) is 13.8 Å². The molecule has 1 amide bonds. The van der Waals surface area contributed by atoms with Crippen molar-refractivity contribution in [1.82, 2.24) is 9.97 Å². The molecule has 0 aliphatic rings. The zero-order valence-electron chi connectivity index (χ0n) is 10.4. The molecule has 0 atom stereocenters. The molecule has 0 radical (unpaired) electrons. The Morgan fingerprint density at radius 3 is 2.95 bits per heavy atom. The van der Waals surface area contributed by atoms with Crippen LogP contribution in [0, 0.1) is 13.8 Å². The lowest BCUT2D eigenvalue weighted by Crippen LogP contribution is -2.11. The molecule has 0 aliphatic carbocycles. The summed E-state index contributed by atoms with van der Waals surface area (Å²) in [6, 6.07) is 5.62. The largest absolute Gasteiger partial charge is 0.438 e. The van der Waals surface area contributed by atoms with Gasteiger partial charge in [0.2, 0.25) is 0 Å². The zero-order valence-corrected chi connectivity index (χ0v) is 11.2. The first-order valence-corrected chi connectivity index (χ1v) is 6.54. The molecule has 0 aliphatic heterocycles. The Labute approximate surface area is 113 Å². The van der Waals surface area contributed by atoms with Gasteiger partial charge in [-0.15, -0.1) is 11.3 Å². The molecule has 2 heterocycles. The quantitative estimate of drug-likeness (QED) is 0.778. The van der Waals surface area contributed by atoms with Gasteiger partial charge in [-0.2, -0.15) is 0 Å². The summed E-state index contributed by atoms with van der Waals surface area (Å²) in [7, 11) is 0. The number of fused-ring (bicyclic) bond motifs is 1. The Balaban J connectivity index is 1.86. The summed E-state index contributed by atoms with van der Waals surface area (Å²) < 4.78 is 6.27. The van der Waals surface area contributed by atoms with Gasteiger partial charge in [-0.05, 0) is 32.0 Å². The topological polar surface area (TPSA) is 68.0 Å². The van der Waals surface area contributed by atoms with Crippen molar-refractivity contribution in [3.8, 4) is 0 Å². The van der Waals surface area contributed by atoms with Gasteiger partial charge in [-0.25, -0.2) is 9.97 Å². The van der Waals surface area contributed by atoms with E-state index in [1.807, 2.05) is 25.1 Å². The van der Waals surface area contributed by atoms with E-state index in [0.717, 1.165) is 15.2 Å². The van der Waals surface area contributed by atoms with Gasteiger partial charge in [0, 0.05) is 5.69 Å².